The van der Waals surface area contributed by atoms with Gasteiger partial charge in [-0.1, -0.05) is 64.6 Å². The summed E-state index contributed by atoms with van der Waals surface area (Å²) < 4.78 is 14.1. The number of carbonyl (C=O) groups is 5. The average molecular weight is 874 g/mol. The summed E-state index contributed by atoms with van der Waals surface area (Å²) in [6.07, 6.45) is 7.18. The van der Waals surface area contributed by atoms with Crippen LogP contribution in [0.2, 0.25) is 0 Å². The third kappa shape index (κ3) is 9.63. The standard InChI is InChI=1S/C50H63N7O7/c1-9-43(58)55-22-19-35(28-55)47(60)54(7)44(31(3)4)46(59)52-41-24-32-13-11-14-33(23-32)34-16-17-42-37(25-34)38(45(56(42)10-2)39-27-51-20-18-36(39)29-63-8)26-50(5,6)30-64-49(62)40-15-12-21-57(53-40)48(41)61/h9,11,13-14,16-18,20,23,25,27,31,35,40-41,44,53H,1,10,12,15,19,21-22,24,26,28-30H2,2-8H3,(H,52,59)/t35-,40-,41-,44-/m0/s1. The van der Waals surface area contributed by atoms with Gasteiger partial charge >= 0.3 is 5.97 Å². The lowest BCUT2D eigenvalue weighted by molar-refractivity contribution is -0.155. The van der Waals surface area contributed by atoms with E-state index in [0.29, 0.717) is 51.9 Å². The van der Waals surface area contributed by atoms with Crippen molar-refractivity contribution in [2.45, 2.75) is 98.0 Å². The molecule has 4 amide bonds. The van der Waals surface area contributed by atoms with Crippen LogP contribution in [0.1, 0.15) is 70.6 Å². The van der Waals surface area contributed by atoms with Crippen molar-refractivity contribution in [1.82, 2.24) is 35.1 Å². The highest BCUT2D eigenvalue weighted by Crippen LogP contribution is 2.41. The van der Waals surface area contributed by atoms with Gasteiger partial charge < -0.3 is 29.2 Å². The number of aryl methyl sites for hydroxylation is 1. The Balaban J connectivity index is 1.28. The minimum Gasteiger partial charge on any atom is -0.464 e. The average Bonchev–Trinajstić information content (AvgIpc) is 3.90. The molecule has 0 radical (unpaired) electrons. The van der Waals surface area contributed by atoms with E-state index in [0.717, 1.165) is 50.0 Å². The van der Waals surface area contributed by atoms with Gasteiger partial charge in [-0.15, -0.1) is 0 Å². The predicted octanol–water partition coefficient (Wildman–Crippen LogP) is 5.70. The topological polar surface area (TPSA) is 155 Å². The first kappa shape index (κ1) is 46.1. The fraction of sp³-hybridized carbons (Fsp3) is 0.480. The van der Waals surface area contributed by atoms with Gasteiger partial charge in [0.25, 0.3) is 5.91 Å². The van der Waals surface area contributed by atoms with E-state index in [-0.39, 0.29) is 37.3 Å². The van der Waals surface area contributed by atoms with Crippen LogP contribution in [0, 0.1) is 17.3 Å². The molecule has 64 heavy (non-hydrogen) atoms. The minimum absolute atomic E-state index is 0.140. The lowest BCUT2D eigenvalue weighted by atomic mass is 9.84. The van der Waals surface area contributed by atoms with Gasteiger partial charge in [0.1, 0.15) is 18.1 Å². The van der Waals surface area contributed by atoms with E-state index in [1.165, 1.54) is 16.0 Å². The summed E-state index contributed by atoms with van der Waals surface area (Å²) in [5.74, 6) is -2.55. The molecule has 2 fully saturated rings. The molecule has 0 saturated carbocycles. The monoisotopic (exact) mass is 873 g/mol. The Labute approximate surface area is 376 Å². The van der Waals surface area contributed by atoms with Crippen molar-refractivity contribution in [2.75, 3.05) is 40.4 Å². The maximum Gasteiger partial charge on any atom is 0.324 e. The molecule has 7 rings (SSSR count). The molecule has 2 aromatic carbocycles. The summed E-state index contributed by atoms with van der Waals surface area (Å²) >= 11 is 0. The molecule has 0 aliphatic carbocycles. The van der Waals surface area contributed by atoms with Crippen molar-refractivity contribution in [3.05, 3.63) is 90.3 Å². The molecule has 340 valence electrons. The number of likely N-dealkylation sites (tertiary alicyclic amines) is 1. The van der Waals surface area contributed by atoms with Crippen LogP contribution in [-0.2, 0) is 59.4 Å². The molecule has 4 atom stereocenters. The number of fused-ring (bicyclic) bond motifs is 6. The second-order valence-electron chi connectivity index (χ2n) is 18.6. The molecular formula is C50H63N7O7. The molecule has 2 aromatic heterocycles. The van der Waals surface area contributed by atoms with Crippen LogP contribution < -0.4 is 10.7 Å². The van der Waals surface area contributed by atoms with Crippen molar-refractivity contribution in [3.63, 3.8) is 0 Å². The Kier molecular flexibility index (Phi) is 14.0. The Morgan fingerprint density at radius 3 is 2.61 bits per heavy atom. The molecule has 5 heterocycles. The van der Waals surface area contributed by atoms with Crippen LogP contribution in [0.15, 0.2) is 73.6 Å². The SMILES string of the molecule is C=CC(=O)N1CC[C@H](C(=O)N(C)[C@H](C(=O)N[C@H]2Cc3cccc(c3)-c3ccc4c(c3)c(c(-c3cnccc3COC)n4CC)CC(C)(C)COC(=O)[C@@H]3CCCN(N3)C2=O)C(C)C)C1. The quantitative estimate of drug-likeness (QED) is 0.151. The van der Waals surface area contributed by atoms with Crippen molar-refractivity contribution >= 4 is 40.5 Å². The van der Waals surface area contributed by atoms with Crippen LogP contribution in [0.3, 0.4) is 0 Å². The van der Waals surface area contributed by atoms with Gasteiger partial charge in [0.05, 0.1) is 24.8 Å². The first-order valence-corrected chi connectivity index (χ1v) is 22.5. The number of aromatic nitrogens is 2. The van der Waals surface area contributed by atoms with E-state index in [1.807, 2.05) is 38.2 Å². The highest BCUT2D eigenvalue weighted by atomic mass is 16.5. The van der Waals surface area contributed by atoms with Gasteiger partial charge in [0.15, 0.2) is 0 Å². The maximum absolute atomic E-state index is 14.7. The lowest BCUT2D eigenvalue weighted by Gasteiger charge is -2.37. The number of amides is 4. The van der Waals surface area contributed by atoms with Crippen molar-refractivity contribution in [2.24, 2.45) is 17.3 Å². The van der Waals surface area contributed by atoms with Crippen LogP contribution in [0.4, 0.5) is 0 Å². The second-order valence-corrected chi connectivity index (χ2v) is 18.6. The first-order valence-electron chi connectivity index (χ1n) is 22.5. The largest absolute Gasteiger partial charge is 0.464 e. The number of hydrazine groups is 1. The zero-order valence-electron chi connectivity index (χ0n) is 38.3. The molecule has 0 unspecified atom stereocenters. The van der Waals surface area contributed by atoms with E-state index in [2.05, 4.69) is 78.0 Å². The fourth-order valence-electron chi connectivity index (χ4n) is 9.75. The van der Waals surface area contributed by atoms with E-state index >= 15 is 0 Å². The molecule has 14 heteroatoms. The fourth-order valence-corrected chi connectivity index (χ4v) is 9.75. The summed E-state index contributed by atoms with van der Waals surface area (Å²) in [6, 6.07) is 13.8. The first-order chi connectivity index (χ1) is 30.6. The molecule has 2 saturated heterocycles. The van der Waals surface area contributed by atoms with Crippen molar-refractivity contribution < 1.29 is 33.4 Å². The maximum atomic E-state index is 14.7. The zero-order chi connectivity index (χ0) is 45.9. The second kappa shape index (κ2) is 19.5. The van der Waals surface area contributed by atoms with Crippen LogP contribution in [0.25, 0.3) is 33.3 Å². The number of nitrogens with zero attached hydrogens (tertiary/aromatic N) is 5. The smallest absolute Gasteiger partial charge is 0.324 e. The number of likely N-dealkylation sites (N-methyl/N-ethyl adjacent to an activating group) is 1. The van der Waals surface area contributed by atoms with E-state index in [4.69, 9.17) is 9.47 Å². The molecule has 3 aliphatic heterocycles. The number of ether oxygens (including phenoxy) is 2. The number of nitrogens with one attached hydrogen (secondary N) is 2. The number of rotatable bonds is 10. The highest BCUT2D eigenvalue weighted by Gasteiger charge is 2.40. The number of esters is 1. The van der Waals surface area contributed by atoms with E-state index in [9.17, 15) is 24.0 Å². The van der Waals surface area contributed by atoms with Crippen molar-refractivity contribution in [3.8, 4) is 22.4 Å². The number of hydrogen-bond donors (Lipinski definition) is 2. The van der Waals surface area contributed by atoms with Gasteiger partial charge in [-0.05, 0) is 90.6 Å². The normalized spacial score (nSPS) is 20.7. The van der Waals surface area contributed by atoms with Gasteiger partial charge in [-0.3, -0.25) is 34.0 Å². The molecule has 2 N–H and O–H groups in total. The summed E-state index contributed by atoms with van der Waals surface area (Å²) in [6.45, 7) is 15.9. The highest BCUT2D eigenvalue weighted by molar-refractivity contribution is 5.96. The van der Waals surface area contributed by atoms with Gasteiger partial charge in [-0.2, -0.15) is 0 Å². The Morgan fingerprint density at radius 1 is 1.09 bits per heavy atom. The third-order valence-corrected chi connectivity index (χ3v) is 13.0. The summed E-state index contributed by atoms with van der Waals surface area (Å²) in [5.41, 5.74) is 10.7. The Hall–Kier alpha value is -5.86. The van der Waals surface area contributed by atoms with E-state index in [1.54, 1.807) is 25.3 Å². The number of pyridine rings is 1. The van der Waals surface area contributed by atoms with Crippen LogP contribution in [0.5, 0.6) is 0 Å². The number of hydrogen-bond acceptors (Lipinski definition) is 9. The van der Waals surface area contributed by atoms with Crippen LogP contribution >= 0.6 is 0 Å². The number of carbonyl (C=O) groups excluding carboxylic acids is 5. The summed E-state index contributed by atoms with van der Waals surface area (Å²) in [4.78, 5) is 76.8. The predicted molar refractivity (Wildman–Crippen MR) is 245 cm³/mol. The number of methoxy groups -OCH3 is 1. The van der Waals surface area contributed by atoms with E-state index < -0.39 is 47.2 Å². The van der Waals surface area contributed by atoms with Crippen LogP contribution in [-0.4, -0.2) is 112 Å². The summed E-state index contributed by atoms with van der Waals surface area (Å²) in [7, 11) is 3.30. The summed E-state index contributed by atoms with van der Waals surface area (Å²) in [5, 5.41) is 5.57. The molecule has 0 spiro atoms. The van der Waals surface area contributed by atoms with Gasteiger partial charge in [-0.25, -0.2) is 5.43 Å². The molecule has 3 aliphatic rings. The number of cyclic esters (lactones) is 1. The Bertz CT molecular complexity index is 2420. The number of benzene rings is 2. The lowest BCUT2D eigenvalue weighted by Crippen LogP contribution is -2.62. The molecule has 14 nitrogen and oxygen atoms in total. The molecular weight excluding hydrogens is 811 g/mol. The third-order valence-electron chi connectivity index (χ3n) is 13.0. The van der Waals surface area contributed by atoms with Gasteiger partial charge in [0.2, 0.25) is 17.7 Å². The Morgan fingerprint density at radius 2 is 1.88 bits per heavy atom. The molecule has 4 aromatic rings. The zero-order valence-corrected chi connectivity index (χ0v) is 38.3. The molecule has 6 bridgehead atoms. The minimum atomic E-state index is -1.05. The van der Waals surface area contributed by atoms with Gasteiger partial charge in [0, 0.05) is 81.0 Å². The van der Waals surface area contributed by atoms with Crippen molar-refractivity contribution in [1.29, 1.82) is 0 Å².